The predicted octanol–water partition coefficient (Wildman–Crippen LogP) is 2.85. The third kappa shape index (κ3) is 4.65. The molecule has 7 heteroatoms. The Hall–Kier alpha value is -3.16. The second-order valence-electron chi connectivity index (χ2n) is 8.86. The molecule has 2 aromatic rings. The van der Waals surface area contributed by atoms with E-state index in [9.17, 15) is 9.59 Å². The van der Waals surface area contributed by atoms with E-state index in [1.165, 1.54) is 5.56 Å². The number of amides is 2. The minimum atomic E-state index is -0.470. The summed E-state index contributed by atoms with van der Waals surface area (Å²) in [6.07, 6.45) is 1.28. The zero-order valence-corrected chi connectivity index (χ0v) is 18.7. The highest BCUT2D eigenvalue weighted by Crippen LogP contribution is 2.34. The fourth-order valence-corrected chi connectivity index (χ4v) is 4.69. The summed E-state index contributed by atoms with van der Waals surface area (Å²) in [7, 11) is 0. The average Bonchev–Trinajstić information content (AvgIpc) is 3.16. The van der Waals surface area contributed by atoms with Gasteiger partial charge in [-0.15, -0.1) is 0 Å². The van der Waals surface area contributed by atoms with Crippen molar-refractivity contribution >= 4 is 11.8 Å². The van der Waals surface area contributed by atoms with Crippen molar-refractivity contribution in [3.05, 3.63) is 77.0 Å². The molecule has 0 aromatic heterocycles. The Morgan fingerprint density at radius 3 is 2.58 bits per heavy atom. The van der Waals surface area contributed by atoms with Gasteiger partial charge in [0.25, 0.3) is 5.91 Å². The molecule has 2 amide bonds. The van der Waals surface area contributed by atoms with Crippen molar-refractivity contribution in [3.63, 3.8) is 0 Å². The first-order chi connectivity index (χ1) is 16.1. The molecular weight excluding hydrogens is 418 g/mol. The van der Waals surface area contributed by atoms with Crippen LogP contribution >= 0.6 is 0 Å². The van der Waals surface area contributed by atoms with Crippen LogP contribution in [0.3, 0.4) is 0 Å². The Morgan fingerprint density at radius 2 is 1.82 bits per heavy atom. The van der Waals surface area contributed by atoms with Gasteiger partial charge in [-0.25, -0.2) is 0 Å². The Bertz CT molecular complexity index is 1060. The third-order valence-corrected chi connectivity index (χ3v) is 6.58. The quantitative estimate of drug-likeness (QED) is 0.738. The fraction of sp³-hybridized carbons (Fsp3) is 0.385. The van der Waals surface area contributed by atoms with Gasteiger partial charge in [0, 0.05) is 36.5 Å². The number of morpholine rings is 1. The lowest BCUT2D eigenvalue weighted by molar-refractivity contribution is -0.126. The highest BCUT2D eigenvalue weighted by atomic mass is 16.5. The standard InChI is InChI=1S/C26H29N3O4/c1-18-5-10-23(25(30)27-18)29-16-22-21(26(29)31)3-2-4-24(22)33-17-20-8-6-19(7-9-20)15-28-11-13-32-14-12-28/h2-4,6-9,23H,1,5,10-17H2,(H,27,30)/t23-/m1/s1. The summed E-state index contributed by atoms with van der Waals surface area (Å²) in [6, 6.07) is 13.5. The Kier molecular flexibility index (Phi) is 6.15. The lowest BCUT2D eigenvalue weighted by Crippen LogP contribution is -2.49. The lowest BCUT2D eigenvalue weighted by Gasteiger charge is -2.31. The van der Waals surface area contributed by atoms with Crippen molar-refractivity contribution in [3.8, 4) is 5.75 Å². The van der Waals surface area contributed by atoms with E-state index in [4.69, 9.17) is 9.47 Å². The van der Waals surface area contributed by atoms with Crippen LogP contribution in [-0.2, 0) is 29.2 Å². The van der Waals surface area contributed by atoms with Crippen molar-refractivity contribution in [2.45, 2.75) is 38.6 Å². The smallest absolute Gasteiger partial charge is 0.255 e. The molecule has 3 aliphatic rings. The SMILES string of the molecule is C=C1CC[C@@H](N2Cc3c(OCc4ccc(CN5CCOCC5)cc4)cccc3C2=O)C(=O)N1. The maximum absolute atomic E-state index is 13.0. The molecule has 0 spiro atoms. The highest BCUT2D eigenvalue weighted by molar-refractivity contribution is 6.02. The molecule has 0 unspecified atom stereocenters. The van der Waals surface area contributed by atoms with Gasteiger partial charge in [-0.3, -0.25) is 14.5 Å². The third-order valence-electron chi connectivity index (χ3n) is 6.58. The molecule has 7 nitrogen and oxygen atoms in total. The Balaban J connectivity index is 1.23. The summed E-state index contributed by atoms with van der Waals surface area (Å²) in [4.78, 5) is 29.5. The van der Waals surface area contributed by atoms with E-state index in [2.05, 4.69) is 41.1 Å². The van der Waals surface area contributed by atoms with Crippen LogP contribution in [0.1, 0.15) is 39.9 Å². The Labute approximate surface area is 194 Å². The molecule has 5 rings (SSSR count). The molecule has 0 saturated carbocycles. The van der Waals surface area contributed by atoms with Gasteiger partial charge in [0.1, 0.15) is 18.4 Å². The second-order valence-corrected chi connectivity index (χ2v) is 8.86. The normalized spacial score (nSPS) is 21.2. The van der Waals surface area contributed by atoms with Gasteiger partial charge in [-0.2, -0.15) is 0 Å². The van der Waals surface area contributed by atoms with Gasteiger partial charge in [0.2, 0.25) is 5.91 Å². The van der Waals surface area contributed by atoms with Crippen molar-refractivity contribution in [2.75, 3.05) is 26.3 Å². The van der Waals surface area contributed by atoms with Gasteiger partial charge < -0.3 is 19.7 Å². The number of carbonyl (C=O) groups is 2. The minimum Gasteiger partial charge on any atom is -0.489 e. The molecule has 0 radical (unpaired) electrons. The van der Waals surface area contributed by atoms with E-state index < -0.39 is 6.04 Å². The second kappa shape index (κ2) is 9.37. The van der Waals surface area contributed by atoms with E-state index in [0.29, 0.717) is 43.0 Å². The number of benzene rings is 2. The first kappa shape index (κ1) is 21.7. The molecule has 33 heavy (non-hydrogen) atoms. The average molecular weight is 448 g/mol. The number of piperidine rings is 1. The summed E-state index contributed by atoms with van der Waals surface area (Å²) < 4.78 is 11.5. The number of hydrogen-bond donors (Lipinski definition) is 1. The fourth-order valence-electron chi connectivity index (χ4n) is 4.69. The van der Waals surface area contributed by atoms with Crippen LogP contribution in [0.25, 0.3) is 0 Å². The zero-order valence-electron chi connectivity index (χ0n) is 18.7. The maximum Gasteiger partial charge on any atom is 0.255 e. The van der Waals surface area contributed by atoms with Crippen LogP contribution in [0.4, 0.5) is 0 Å². The molecule has 2 saturated heterocycles. The van der Waals surface area contributed by atoms with Gasteiger partial charge in [-0.1, -0.05) is 36.9 Å². The van der Waals surface area contributed by atoms with Gasteiger partial charge >= 0.3 is 0 Å². The van der Waals surface area contributed by atoms with Crippen LogP contribution in [-0.4, -0.2) is 54.0 Å². The van der Waals surface area contributed by atoms with Crippen molar-refractivity contribution < 1.29 is 19.1 Å². The monoisotopic (exact) mass is 447 g/mol. The van der Waals surface area contributed by atoms with E-state index >= 15 is 0 Å². The summed E-state index contributed by atoms with van der Waals surface area (Å²) in [5, 5.41) is 2.78. The summed E-state index contributed by atoms with van der Waals surface area (Å²) in [5.41, 5.74) is 4.52. The first-order valence-corrected chi connectivity index (χ1v) is 11.5. The topological polar surface area (TPSA) is 71.1 Å². The zero-order chi connectivity index (χ0) is 22.8. The van der Waals surface area contributed by atoms with E-state index in [-0.39, 0.29) is 11.8 Å². The summed E-state index contributed by atoms with van der Waals surface area (Å²) in [5.74, 6) is 0.420. The molecule has 0 aliphatic carbocycles. The molecule has 3 aliphatic heterocycles. The van der Waals surface area contributed by atoms with Crippen LogP contribution < -0.4 is 10.1 Å². The molecule has 1 N–H and O–H groups in total. The van der Waals surface area contributed by atoms with Crippen molar-refractivity contribution in [2.24, 2.45) is 0 Å². The van der Waals surface area contributed by atoms with Crippen molar-refractivity contribution in [1.82, 2.24) is 15.1 Å². The number of ether oxygens (including phenoxy) is 2. The molecule has 2 fully saturated rings. The molecule has 0 bridgehead atoms. The molecular formula is C26H29N3O4. The number of fused-ring (bicyclic) bond motifs is 1. The number of nitrogens with zero attached hydrogens (tertiary/aromatic N) is 2. The Morgan fingerprint density at radius 1 is 1.06 bits per heavy atom. The van der Waals surface area contributed by atoms with Crippen molar-refractivity contribution in [1.29, 1.82) is 0 Å². The molecule has 1 atom stereocenters. The maximum atomic E-state index is 13.0. The predicted molar refractivity (Wildman–Crippen MR) is 123 cm³/mol. The number of nitrogens with one attached hydrogen (secondary N) is 1. The summed E-state index contributed by atoms with van der Waals surface area (Å²) >= 11 is 0. The van der Waals surface area contributed by atoms with Crippen LogP contribution in [0, 0.1) is 0 Å². The van der Waals surface area contributed by atoms with E-state index in [1.54, 1.807) is 4.90 Å². The molecule has 172 valence electrons. The number of hydrogen-bond acceptors (Lipinski definition) is 5. The van der Waals surface area contributed by atoms with Crippen LogP contribution in [0.5, 0.6) is 5.75 Å². The minimum absolute atomic E-state index is 0.115. The van der Waals surface area contributed by atoms with Crippen LogP contribution in [0.15, 0.2) is 54.7 Å². The first-order valence-electron chi connectivity index (χ1n) is 11.5. The largest absolute Gasteiger partial charge is 0.489 e. The highest BCUT2D eigenvalue weighted by Gasteiger charge is 2.39. The van der Waals surface area contributed by atoms with E-state index in [0.717, 1.165) is 44.0 Å². The molecule has 3 heterocycles. The molecule has 2 aromatic carbocycles. The number of rotatable bonds is 6. The van der Waals surface area contributed by atoms with Gasteiger partial charge in [0.05, 0.1) is 19.8 Å². The van der Waals surface area contributed by atoms with Crippen LogP contribution in [0.2, 0.25) is 0 Å². The van der Waals surface area contributed by atoms with Gasteiger partial charge in [-0.05, 0) is 36.1 Å². The van der Waals surface area contributed by atoms with Gasteiger partial charge in [0.15, 0.2) is 0 Å². The lowest BCUT2D eigenvalue weighted by atomic mass is 10.0. The number of carbonyl (C=O) groups excluding carboxylic acids is 2. The van der Waals surface area contributed by atoms with E-state index in [1.807, 2.05) is 18.2 Å². The summed E-state index contributed by atoms with van der Waals surface area (Å²) in [6.45, 7) is 9.09. The number of allylic oxidation sites excluding steroid dienone is 1.